The summed E-state index contributed by atoms with van der Waals surface area (Å²) in [6.07, 6.45) is 13.0. The van der Waals surface area contributed by atoms with Gasteiger partial charge in [-0.15, -0.1) is 9.63 Å². The van der Waals surface area contributed by atoms with E-state index in [9.17, 15) is 0 Å². The van der Waals surface area contributed by atoms with Crippen LogP contribution in [0.4, 0.5) is 0 Å². The van der Waals surface area contributed by atoms with Crippen LogP contribution in [0.3, 0.4) is 0 Å². The Kier molecular flexibility index (Phi) is 5.66. The molecular formula is C18H33ClN6. The minimum absolute atomic E-state index is 0.0491. The standard InChI is InChI=1S/C18H33ClN6/c1-2-3-4-5-6-15-13-7-12-8-14(15)11-18(9-12,10-13)23-17(22)25(19)24-16(20)21/h12-15H,2-11H2,1H3,(H2,22,23)(H4,20,21,24). The summed E-state index contributed by atoms with van der Waals surface area (Å²) in [6.45, 7) is 2.28. The first kappa shape index (κ1) is 18.6. The largest absolute Gasteiger partial charge is 0.369 e. The topological polar surface area (TPSA) is 106 Å². The second kappa shape index (κ2) is 7.60. The first-order valence-electron chi connectivity index (χ1n) is 9.83. The van der Waals surface area contributed by atoms with E-state index in [1.807, 2.05) is 0 Å². The molecule has 4 bridgehead atoms. The Labute approximate surface area is 156 Å². The predicted molar refractivity (Wildman–Crippen MR) is 104 cm³/mol. The highest BCUT2D eigenvalue weighted by Crippen LogP contribution is 2.60. The molecule has 0 amide bonds. The summed E-state index contributed by atoms with van der Waals surface area (Å²) in [4.78, 5) is 4.84. The van der Waals surface area contributed by atoms with Gasteiger partial charge < -0.3 is 17.2 Å². The van der Waals surface area contributed by atoms with Gasteiger partial charge in [-0.25, -0.2) is 4.99 Å². The van der Waals surface area contributed by atoms with Crippen LogP contribution in [0.2, 0.25) is 0 Å². The molecule has 2 atom stereocenters. The molecule has 4 rings (SSSR count). The zero-order chi connectivity index (χ0) is 18.0. The van der Waals surface area contributed by atoms with Crippen molar-refractivity contribution in [3.8, 4) is 0 Å². The molecule has 25 heavy (non-hydrogen) atoms. The number of unbranched alkanes of at least 4 members (excludes halogenated alkanes) is 3. The quantitative estimate of drug-likeness (QED) is 0.211. The Morgan fingerprint density at radius 2 is 1.76 bits per heavy atom. The Bertz CT molecular complexity index is 514. The third-order valence-electron chi connectivity index (χ3n) is 6.57. The molecule has 0 aromatic heterocycles. The Morgan fingerprint density at radius 3 is 2.36 bits per heavy atom. The molecule has 0 aromatic rings. The maximum atomic E-state index is 6.06. The molecule has 6 N–H and O–H groups in total. The highest BCUT2D eigenvalue weighted by atomic mass is 35.5. The molecule has 2 unspecified atom stereocenters. The van der Waals surface area contributed by atoms with Crippen LogP contribution in [0, 0.1) is 23.7 Å². The second-order valence-electron chi connectivity index (χ2n) is 8.46. The molecule has 142 valence electrons. The van der Waals surface area contributed by atoms with Crippen LogP contribution in [0.15, 0.2) is 10.1 Å². The van der Waals surface area contributed by atoms with Gasteiger partial charge in [-0.3, -0.25) is 0 Å². The van der Waals surface area contributed by atoms with Gasteiger partial charge in [0.1, 0.15) is 0 Å². The van der Waals surface area contributed by atoms with Gasteiger partial charge in [-0.2, -0.15) is 0 Å². The number of hydrazone groups is 1. The highest BCUT2D eigenvalue weighted by Gasteiger charge is 2.55. The lowest BCUT2D eigenvalue weighted by atomic mass is 9.48. The molecule has 4 aliphatic carbocycles. The van der Waals surface area contributed by atoms with E-state index in [2.05, 4.69) is 12.0 Å². The zero-order valence-electron chi connectivity index (χ0n) is 15.3. The summed E-state index contributed by atoms with van der Waals surface area (Å²) >= 11 is 6.02. The number of hydrogen-bond acceptors (Lipinski definition) is 2. The van der Waals surface area contributed by atoms with E-state index < -0.39 is 0 Å². The summed E-state index contributed by atoms with van der Waals surface area (Å²) < 4.78 is 0.982. The minimum Gasteiger partial charge on any atom is -0.369 e. The van der Waals surface area contributed by atoms with Crippen LogP contribution in [0.25, 0.3) is 0 Å². The summed E-state index contributed by atoms with van der Waals surface area (Å²) in [5, 5.41) is 3.76. The lowest BCUT2D eigenvalue weighted by Crippen LogP contribution is -2.54. The molecular weight excluding hydrogens is 336 g/mol. The van der Waals surface area contributed by atoms with Gasteiger partial charge in [0.05, 0.1) is 5.54 Å². The third kappa shape index (κ3) is 4.15. The number of guanidine groups is 2. The summed E-state index contributed by atoms with van der Waals surface area (Å²) in [5.41, 5.74) is 16.8. The normalized spacial score (nSPS) is 36.5. The number of rotatable bonds is 7. The molecule has 0 spiro atoms. The number of nitrogens with two attached hydrogens (primary N) is 3. The fourth-order valence-corrected chi connectivity index (χ4v) is 6.06. The van der Waals surface area contributed by atoms with Crippen LogP contribution in [-0.2, 0) is 0 Å². The van der Waals surface area contributed by atoms with Crippen LogP contribution in [-0.4, -0.2) is 22.0 Å². The van der Waals surface area contributed by atoms with Gasteiger partial charge in [0.2, 0.25) is 11.9 Å². The SMILES string of the molecule is CCCCCCC1C2CC3CC1CC(N=C(N)N(Cl)N=C(N)N)(C3)C2. The Balaban J connectivity index is 1.67. The van der Waals surface area contributed by atoms with Crippen LogP contribution >= 0.6 is 11.8 Å². The van der Waals surface area contributed by atoms with Gasteiger partial charge in [0, 0.05) is 11.8 Å². The maximum Gasteiger partial charge on any atom is 0.229 e. The highest BCUT2D eigenvalue weighted by molar-refractivity contribution is 6.21. The Morgan fingerprint density at radius 1 is 1.08 bits per heavy atom. The monoisotopic (exact) mass is 368 g/mol. The fraction of sp³-hybridized carbons (Fsp3) is 0.889. The van der Waals surface area contributed by atoms with Gasteiger partial charge in [0.25, 0.3) is 0 Å². The first-order chi connectivity index (χ1) is 11.9. The average Bonchev–Trinajstić information content (AvgIpc) is 2.51. The molecule has 0 radical (unpaired) electrons. The number of hydrogen-bond donors (Lipinski definition) is 3. The van der Waals surface area contributed by atoms with Gasteiger partial charge >= 0.3 is 0 Å². The molecule has 0 aromatic carbocycles. The van der Waals surface area contributed by atoms with Crippen molar-refractivity contribution in [1.82, 2.24) is 4.53 Å². The van der Waals surface area contributed by atoms with Crippen molar-refractivity contribution in [2.24, 2.45) is 51.0 Å². The maximum absolute atomic E-state index is 6.06. The molecule has 0 saturated heterocycles. The van der Waals surface area contributed by atoms with Crippen molar-refractivity contribution < 1.29 is 0 Å². The number of halogens is 1. The van der Waals surface area contributed by atoms with Crippen molar-refractivity contribution >= 4 is 23.7 Å². The van der Waals surface area contributed by atoms with E-state index in [0.717, 1.165) is 47.5 Å². The van der Waals surface area contributed by atoms with Gasteiger partial charge in [-0.05, 0) is 62.2 Å². The Hall–Kier alpha value is -1.17. The van der Waals surface area contributed by atoms with Crippen LogP contribution in [0.1, 0.15) is 71.1 Å². The van der Waals surface area contributed by atoms with Crippen molar-refractivity contribution in [3.63, 3.8) is 0 Å². The van der Waals surface area contributed by atoms with Gasteiger partial charge in [-0.1, -0.05) is 32.6 Å². The van der Waals surface area contributed by atoms with Crippen LogP contribution < -0.4 is 17.2 Å². The van der Waals surface area contributed by atoms with Crippen molar-refractivity contribution in [3.05, 3.63) is 0 Å². The van der Waals surface area contributed by atoms with E-state index in [1.54, 1.807) is 0 Å². The second-order valence-corrected chi connectivity index (χ2v) is 8.78. The van der Waals surface area contributed by atoms with Crippen molar-refractivity contribution in [2.45, 2.75) is 76.7 Å². The molecule has 0 heterocycles. The van der Waals surface area contributed by atoms with Crippen molar-refractivity contribution in [1.29, 1.82) is 0 Å². The summed E-state index contributed by atoms with van der Waals surface area (Å²) in [5.74, 6) is 3.38. The lowest BCUT2D eigenvalue weighted by Gasteiger charge is -2.59. The predicted octanol–water partition coefficient (Wildman–Crippen LogP) is 3.11. The number of aliphatic imine (C=N–C) groups is 1. The summed E-state index contributed by atoms with van der Waals surface area (Å²) in [7, 11) is 0. The van der Waals surface area contributed by atoms with E-state index in [-0.39, 0.29) is 17.5 Å². The minimum atomic E-state index is -0.120. The zero-order valence-corrected chi connectivity index (χ0v) is 16.1. The first-order valence-corrected chi connectivity index (χ1v) is 10.2. The molecule has 6 nitrogen and oxygen atoms in total. The van der Waals surface area contributed by atoms with E-state index in [1.165, 1.54) is 44.9 Å². The molecule has 7 heteroatoms. The molecule has 0 aliphatic heterocycles. The van der Waals surface area contributed by atoms with E-state index >= 15 is 0 Å². The van der Waals surface area contributed by atoms with Crippen molar-refractivity contribution in [2.75, 3.05) is 0 Å². The number of nitrogens with zero attached hydrogens (tertiary/aromatic N) is 3. The molecule has 4 saturated carbocycles. The fourth-order valence-electron chi connectivity index (χ4n) is 5.94. The third-order valence-corrected chi connectivity index (χ3v) is 6.82. The van der Waals surface area contributed by atoms with Crippen LogP contribution in [0.5, 0.6) is 0 Å². The summed E-state index contributed by atoms with van der Waals surface area (Å²) in [6, 6.07) is 0. The average molecular weight is 369 g/mol. The van der Waals surface area contributed by atoms with E-state index in [0.29, 0.717) is 0 Å². The molecule has 4 aliphatic rings. The smallest absolute Gasteiger partial charge is 0.229 e. The lowest BCUT2D eigenvalue weighted by molar-refractivity contribution is -0.0541. The van der Waals surface area contributed by atoms with Gasteiger partial charge in [0.15, 0.2) is 0 Å². The molecule has 4 fully saturated rings. The van der Waals surface area contributed by atoms with E-state index in [4.69, 9.17) is 34.0 Å².